The van der Waals surface area contributed by atoms with Crippen LogP contribution in [0.15, 0.2) is 41.3 Å². The first kappa shape index (κ1) is 19.9. The normalized spacial score (nSPS) is 12.7. The average molecular weight is 388 g/mol. The molecule has 0 aliphatic carbocycles. The van der Waals surface area contributed by atoms with Crippen LogP contribution >= 0.6 is 0 Å². The van der Waals surface area contributed by atoms with Crippen molar-refractivity contribution in [1.82, 2.24) is 4.72 Å². The van der Waals surface area contributed by atoms with E-state index in [1.807, 2.05) is 0 Å². The molecule has 26 heavy (non-hydrogen) atoms. The van der Waals surface area contributed by atoms with Gasteiger partial charge in [-0.3, -0.25) is 4.79 Å². The van der Waals surface area contributed by atoms with Crippen molar-refractivity contribution in [3.63, 3.8) is 0 Å². The van der Waals surface area contributed by atoms with Gasteiger partial charge in [0.15, 0.2) is 11.6 Å². The largest absolute Gasteiger partial charge is 0.395 e. The predicted molar refractivity (Wildman–Crippen MR) is 87.6 cm³/mol. The Morgan fingerprint density at radius 1 is 1.08 bits per heavy atom. The summed E-state index contributed by atoms with van der Waals surface area (Å²) >= 11 is 0. The van der Waals surface area contributed by atoms with E-state index in [0.29, 0.717) is 6.07 Å². The van der Waals surface area contributed by atoms with Gasteiger partial charge in [-0.15, -0.1) is 0 Å². The van der Waals surface area contributed by atoms with Crippen LogP contribution in [0.3, 0.4) is 0 Å². The number of amides is 1. The maximum atomic E-state index is 13.9. The van der Waals surface area contributed by atoms with Crippen molar-refractivity contribution >= 4 is 21.6 Å². The highest BCUT2D eigenvalue weighted by atomic mass is 32.2. The van der Waals surface area contributed by atoms with E-state index in [-0.39, 0.29) is 5.69 Å². The number of carbonyl (C=O) groups excluding carboxylic acids is 1. The Morgan fingerprint density at radius 2 is 1.73 bits per heavy atom. The van der Waals surface area contributed by atoms with E-state index in [9.17, 15) is 26.4 Å². The van der Waals surface area contributed by atoms with Crippen molar-refractivity contribution < 1.29 is 31.5 Å². The number of nitrogens with one attached hydrogen (secondary N) is 2. The topological polar surface area (TPSA) is 95.5 Å². The Bertz CT molecular complexity index is 935. The summed E-state index contributed by atoms with van der Waals surface area (Å²) in [4.78, 5) is 11.8. The van der Waals surface area contributed by atoms with Gasteiger partial charge < -0.3 is 10.4 Å². The van der Waals surface area contributed by atoms with Crippen molar-refractivity contribution in [3.8, 4) is 0 Å². The molecule has 0 bridgehead atoms. The molecule has 140 valence electrons. The minimum Gasteiger partial charge on any atom is -0.395 e. The summed E-state index contributed by atoms with van der Waals surface area (Å²) in [6, 6.07) is 4.31. The molecule has 1 amide bonds. The Kier molecular flexibility index (Phi) is 6.01. The number of benzene rings is 2. The second-order valence-corrected chi connectivity index (χ2v) is 7.14. The minimum absolute atomic E-state index is 0.131. The van der Waals surface area contributed by atoms with Crippen LogP contribution < -0.4 is 10.0 Å². The Balaban J connectivity index is 2.31. The molecule has 2 aromatic rings. The zero-order valence-corrected chi connectivity index (χ0v) is 14.3. The number of aliphatic hydroxyl groups is 1. The van der Waals surface area contributed by atoms with Gasteiger partial charge in [0.25, 0.3) is 5.91 Å². The highest BCUT2D eigenvalue weighted by Gasteiger charge is 2.21. The molecule has 0 aromatic heterocycles. The van der Waals surface area contributed by atoms with Crippen LogP contribution in [-0.2, 0) is 10.0 Å². The molecule has 0 spiro atoms. The molecule has 0 aliphatic heterocycles. The predicted octanol–water partition coefficient (Wildman–Crippen LogP) is 2.02. The lowest BCUT2D eigenvalue weighted by Gasteiger charge is -2.13. The SMILES string of the molecule is C[C@H](CO)NS(=O)(=O)c1ccc(F)c(C(=O)Nc2ccc(F)c(F)c2)c1. The van der Waals surface area contributed by atoms with Crippen molar-refractivity contribution in [3.05, 3.63) is 59.4 Å². The van der Waals surface area contributed by atoms with Crippen LogP contribution in [0.2, 0.25) is 0 Å². The number of anilines is 1. The number of aliphatic hydroxyl groups excluding tert-OH is 1. The highest BCUT2D eigenvalue weighted by molar-refractivity contribution is 7.89. The van der Waals surface area contributed by atoms with E-state index < -0.39 is 56.5 Å². The van der Waals surface area contributed by atoms with E-state index >= 15 is 0 Å². The van der Waals surface area contributed by atoms with Gasteiger partial charge in [0, 0.05) is 17.8 Å². The third-order valence-electron chi connectivity index (χ3n) is 3.30. The summed E-state index contributed by atoms with van der Waals surface area (Å²) in [5.41, 5.74) is -0.733. The fourth-order valence-electron chi connectivity index (χ4n) is 1.99. The summed E-state index contributed by atoms with van der Waals surface area (Å²) in [5.74, 6) is -4.37. The van der Waals surface area contributed by atoms with E-state index in [1.165, 1.54) is 6.92 Å². The first-order chi connectivity index (χ1) is 12.1. The molecule has 2 aromatic carbocycles. The number of halogens is 3. The fourth-order valence-corrected chi connectivity index (χ4v) is 3.25. The molecule has 0 aliphatic rings. The van der Waals surface area contributed by atoms with Gasteiger partial charge in [-0.25, -0.2) is 26.3 Å². The molecule has 10 heteroatoms. The van der Waals surface area contributed by atoms with Gasteiger partial charge in [-0.1, -0.05) is 0 Å². The molecule has 0 saturated heterocycles. The summed E-state index contributed by atoms with van der Waals surface area (Å²) in [6.07, 6.45) is 0. The van der Waals surface area contributed by atoms with Crippen LogP contribution in [0, 0.1) is 17.5 Å². The summed E-state index contributed by atoms with van der Waals surface area (Å²) in [5, 5.41) is 11.1. The standard InChI is InChI=1S/C16H15F3N2O4S/c1-9(8-22)21-26(24,25)11-3-5-13(17)12(7-11)16(23)20-10-2-4-14(18)15(19)6-10/h2-7,9,21-22H,8H2,1H3,(H,20,23)/t9-/m1/s1. The first-order valence-electron chi connectivity index (χ1n) is 7.33. The maximum Gasteiger partial charge on any atom is 0.258 e. The number of sulfonamides is 1. The zero-order valence-electron chi connectivity index (χ0n) is 13.5. The quantitative estimate of drug-likeness (QED) is 0.706. The average Bonchev–Trinajstić information content (AvgIpc) is 2.57. The lowest BCUT2D eigenvalue weighted by atomic mass is 10.2. The Hall–Kier alpha value is -2.43. The van der Waals surface area contributed by atoms with Gasteiger partial charge in [0.2, 0.25) is 10.0 Å². The summed E-state index contributed by atoms with van der Waals surface area (Å²) in [6.45, 7) is 0.960. The monoisotopic (exact) mass is 388 g/mol. The Morgan fingerprint density at radius 3 is 2.35 bits per heavy atom. The van der Waals surface area contributed by atoms with Crippen molar-refractivity contribution in [2.24, 2.45) is 0 Å². The third-order valence-corrected chi connectivity index (χ3v) is 4.89. The van der Waals surface area contributed by atoms with E-state index in [2.05, 4.69) is 10.0 Å². The molecule has 0 fully saturated rings. The van der Waals surface area contributed by atoms with Crippen molar-refractivity contribution in [2.45, 2.75) is 17.9 Å². The molecule has 3 N–H and O–H groups in total. The summed E-state index contributed by atoms with van der Waals surface area (Å²) in [7, 11) is -4.10. The molecule has 2 rings (SSSR count). The lowest BCUT2D eigenvalue weighted by Crippen LogP contribution is -2.35. The first-order valence-corrected chi connectivity index (χ1v) is 8.81. The number of rotatable bonds is 6. The molecular formula is C16H15F3N2O4S. The van der Waals surface area contributed by atoms with Gasteiger partial charge in [-0.2, -0.15) is 0 Å². The third kappa shape index (κ3) is 4.59. The number of carbonyl (C=O) groups is 1. The zero-order chi connectivity index (χ0) is 19.5. The molecule has 0 radical (unpaired) electrons. The van der Waals surface area contributed by atoms with Crippen LogP contribution in [0.1, 0.15) is 17.3 Å². The molecule has 0 heterocycles. The summed E-state index contributed by atoms with van der Waals surface area (Å²) < 4.78 is 66.5. The number of hydrogen-bond acceptors (Lipinski definition) is 4. The van der Waals surface area contributed by atoms with Gasteiger partial charge in [0.1, 0.15) is 5.82 Å². The maximum absolute atomic E-state index is 13.9. The van der Waals surface area contributed by atoms with E-state index in [0.717, 1.165) is 30.3 Å². The van der Waals surface area contributed by atoms with Crippen molar-refractivity contribution in [1.29, 1.82) is 0 Å². The van der Waals surface area contributed by atoms with Gasteiger partial charge in [0.05, 0.1) is 17.1 Å². The van der Waals surface area contributed by atoms with E-state index in [1.54, 1.807) is 0 Å². The molecule has 0 saturated carbocycles. The van der Waals surface area contributed by atoms with Gasteiger partial charge >= 0.3 is 0 Å². The number of hydrogen-bond donors (Lipinski definition) is 3. The molecule has 0 unspecified atom stereocenters. The van der Waals surface area contributed by atoms with E-state index in [4.69, 9.17) is 5.11 Å². The minimum atomic E-state index is -4.10. The van der Waals surface area contributed by atoms with Crippen LogP contribution in [0.5, 0.6) is 0 Å². The van der Waals surface area contributed by atoms with Crippen molar-refractivity contribution in [2.75, 3.05) is 11.9 Å². The van der Waals surface area contributed by atoms with Crippen LogP contribution in [0.25, 0.3) is 0 Å². The smallest absolute Gasteiger partial charge is 0.258 e. The molecule has 1 atom stereocenters. The van der Waals surface area contributed by atoms with Crippen LogP contribution in [-0.4, -0.2) is 32.1 Å². The second kappa shape index (κ2) is 7.85. The van der Waals surface area contributed by atoms with Gasteiger partial charge in [-0.05, 0) is 37.3 Å². The van der Waals surface area contributed by atoms with Crippen LogP contribution in [0.4, 0.5) is 18.9 Å². The molecular weight excluding hydrogens is 373 g/mol. The fraction of sp³-hybridized carbons (Fsp3) is 0.188. The highest BCUT2D eigenvalue weighted by Crippen LogP contribution is 2.19. The lowest BCUT2D eigenvalue weighted by molar-refractivity contribution is 0.102. The second-order valence-electron chi connectivity index (χ2n) is 5.43. The molecule has 6 nitrogen and oxygen atoms in total. The Labute approximate surface area is 147 Å².